The van der Waals surface area contributed by atoms with E-state index in [2.05, 4.69) is 243 Å². The summed E-state index contributed by atoms with van der Waals surface area (Å²) in [6, 6.07) is 88.8. The molecule has 1 aliphatic carbocycles. The summed E-state index contributed by atoms with van der Waals surface area (Å²) in [6.45, 7) is 0. The van der Waals surface area contributed by atoms with E-state index in [1.165, 1.54) is 89.0 Å². The maximum absolute atomic E-state index is 6.61. The smallest absolute Gasteiger partial charge is 0.136 e. The second-order valence-corrected chi connectivity index (χ2v) is 16.4. The molecule has 0 unspecified atom stereocenters. The molecule has 0 aliphatic heterocycles. The van der Waals surface area contributed by atoms with Crippen molar-refractivity contribution < 1.29 is 4.42 Å². The Kier molecular flexibility index (Phi) is 8.47. The Bertz CT molecular complexity index is 3320. The molecule has 0 spiro atoms. The van der Waals surface area contributed by atoms with E-state index in [1.807, 2.05) is 0 Å². The van der Waals surface area contributed by atoms with Crippen LogP contribution in [-0.4, -0.2) is 0 Å². The van der Waals surface area contributed by atoms with E-state index in [1.54, 1.807) is 0 Å². The van der Waals surface area contributed by atoms with E-state index in [4.69, 9.17) is 4.42 Å². The molecule has 0 saturated carbocycles. The van der Waals surface area contributed by atoms with Gasteiger partial charge in [0.05, 0.1) is 5.41 Å². The second kappa shape index (κ2) is 14.6. The maximum atomic E-state index is 6.61. The van der Waals surface area contributed by atoms with E-state index < -0.39 is 5.41 Å². The van der Waals surface area contributed by atoms with Crippen LogP contribution in [0.4, 0.5) is 0 Å². The molecule has 1 aliphatic rings. The van der Waals surface area contributed by atoms with E-state index in [0.29, 0.717) is 0 Å². The Morgan fingerprint density at radius 2 is 0.710 bits per heavy atom. The second-order valence-electron chi connectivity index (χ2n) is 16.4. The summed E-state index contributed by atoms with van der Waals surface area (Å²) >= 11 is 0. The van der Waals surface area contributed by atoms with Crippen molar-refractivity contribution in [3.63, 3.8) is 0 Å². The molecule has 0 radical (unpaired) electrons. The van der Waals surface area contributed by atoms with Crippen molar-refractivity contribution in [1.29, 1.82) is 0 Å². The third-order valence-electron chi connectivity index (χ3n) is 12.9. The van der Waals surface area contributed by atoms with Crippen molar-refractivity contribution in [2.75, 3.05) is 0 Å². The quantitative estimate of drug-likeness (QED) is 0.157. The summed E-state index contributed by atoms with van der Waals surface area (Å²) in [5.74, 6) is 0. The van der Waals surface area contributed by atoms with Crippen molar-refractivity contribution in [2.24, 2.45) is 0 Å². The minimum atomic E-state index is -0.692. The number of fused-ring (bicyclic) bond motifs is 7. The molecule has 12 rings (SSSR count). The van der Waals surface area contributed by atoms with Crippen LogP contribution in [0, 0.1) is 0 Å². The van der Waals surface area contributed by atoms with Crippen molar-refractivity contribution in [1.82, 2.24) is 0 Å². The minimum absolute atomic E-state index is 0.692. The van der Waals surface area contributed by atoms with Crippen LogP contribution in [0.2, 0.25) is 0 Å². The molecule has 1 aromatic heterocycles. The van der Waals surface area contributed by atoms with Crippen molar-refractivity contribution in [2.45, 2.75) is 5.41 Å². The van der Waals surface area contributed by atoms with Crippen LogP contribution in [0.1, 0.15) is 22.3 Å². The van der Waals surface area contributed by atoms with E-state index in [-0.39, 0.29) is 0 Å². The van der Waals surface area contributed by atoms with Gasteiger partial charge in [0.15, 0.2) is 0 Å². The molecule has 0 N–H and O–H groups in total. The van der Waals surface area contributed by atoms with Gasteiger partial charge in [-0.1, -0.05) is 200 Å². The molecule has 11 aromatic rings. The van der Waals surface area contributed by atoms with Gasteiger partial charge < -0.3 is 4.42 Å². The van der Waals surface area contributed by atoms with Gasteiger partial charge in [0.2, 0.25) is 0 Å². The summed E-state index contributed by atoms with van der Waals surface area (Å²) in [5.41, 5.74) is 20.4. The van der Waals surface area contributed by atoms with Gasteiger partial charge in [0, 0.05) is 10.8 Å². The Morgan fingerprint density at radius 3 is 1.26 bits per heavy atom. The molecule has 0 fully saturated rings. The van der Waals surface area contributed by atoms with Crippen molar-refractivity contribution in [3.05, 3.63) is 265 Å². The number of rotatable bonds is 7. The van der Waals surface area contributed by atoms with Crippen LogP contribution >= 0.6 is 0 Å². The summed E-state index contributed by atoms with van der Waals surface area (Å²) in [4.78, 5) is 0. The predicted octanol–water partition coefficient (Wildman–Crippen LogP) is 16.3. The lowest BCUT2D eigenvalue weighted by molar-refractivity contribution is 0.668. The minimum Gasteiger partial charge on any atom is -0.456 e. The number of furan rings is 1. The summed E-state index contributed by atoms with van der Waals surface area (Å²) in [7, 11) is 0. The van der Waals surface area contributed by atoms with Gasteiger partial charge in [-0.2, -0.15) is 0 Å². The zero-order chi connectivity index (χ0) is 41.0. The van der Waals surface area contributed by atoms with Crippen LogP contribution in [0.15, 0.2) is 247 Å². The molecule has 0 saturated heterocycles. The standard InChI is InChI=1S/C61H40O/c1-4-16-41(17-5-1)44-22-12-24-46(36-44)48-26-14-28-51(38-48)61(52-29-15-27-49(39-52)47-25-13-23-45(37-47)42-18-6-2-7-19-42)55-34-35-58-60(54-30-10-11-31-57(54)62-58)59(55)53-33-32-50(40-56(53)61)43-20-8-3-9-21-43/h1-40H. The van der Waals surface area contributed by atoms with Gasteiger partial charge in [-0.3, -0.25) is 0 Å². The molecule has 290 valence electrons. The first-order valence-corrected chi connectivity index (χ1v) is 21.4. The highest BCUT2D eigenvalue weighted by Crippen LogP contribution is 2.60. The Balaban J connectivity index is 1.16. The van der Waals surface area contributed by atoms with E-state index in [9.17, 15) is 0 Å². The lowest BCUT2D eigenvalue weighted by atomic mass is 9.66. The van der Waals surface area contributed by atoms with Gasteiger partial charge in [0.1, 0.15) is 11.2 Å². The zero-order valence-electron chi connectivity index (χ0n) is 34.0. The van der Waals surface area contributed by atoms with Gasteiger partial charge >= 0.3 is 0 Å². The predicted molar refractivity (Wildman–Crippen MR) is 258 cm³/mol. The average Bonchev–Trinajstić information content (AvgIpc) is 3.88. The van der Waals surface area contributed by atoms with Crippen LogP contribution < -0.4 is 0 Å². The average molecular weight is 789 g/mol. The molecule has 1 heterocycles. The molecular weight excluding hydrogens is 749 g/mol. The summed E-state index contributed by atoms with van der Waals surface area (Å²) < 4.78 is 6.61. The largest absolute Gasteiger partial charge is 0.456 e. The van der Waals surface area contributed by atoms with Crippen molar-refractivity contribution in [3.8, 4) is 66.8 Å². The number of hydrogen-bond acceptors (Lipinski definition) is 1. The van der Waals surface area contributed by atoms with Crippen LogP contribution in [-0.2, 0) is 5.41 Å². The fourth-order valence-electron chi connectivity index (χ4n) is 10.1. The maximum Gasteiger partial charge on any atom is 0.136 e. The summed E-state index contributed by atoms with van der Waals surface area (Å²) in [5, 5.41) is 2.29. The third-order valence-corrected chi connectivity index (χ3v) is 12.9. The molecule has 0 amide bonds. The molecular formula is C61H40O. The number of hydrogen-bond donors (Lipinski definition) is 0. The Hall–Kier alpha value is -8.00. The number of para-hydroxylation sites is 1. The van der Waals surface area contributed by atoms with Crippen LogP contribution in [0.25, 0.3) is 88.7 Å². The van der Waals surface area contributed by atoms with Gasteiger partial charge in [-0.05, 0) is 131 Å². The van der Waals surface area contributed by atoms with Gasteiger partial charge in [0.25, 0.3) is 0 Å². The zero-order valence-corrected chi connectivity index (χ0v) is 34.0. The van der Waals surface area contributed by atoms with Crippen LogP contribution in [0.3, 0.4) is 0 Å². The fourth-order valence-corrected chi connectivity index (χ4v) is 10.1. The third kappa shape index (κ3) is 5.78. The monoisotopic (exact) mass is 788 g/mol. The Morgan fingerprint density at radius 1 is 0.274 bits per heavy atom. The van der Waals surface area contributed by atoms with Crippen LogP contribution in [0.5, 0.6) is 0 Å². The first-order chi connectivity index (χ1) is 30.7. The van der Waals surface area contributed by atoms with Gasteiger partial charge in [-0.25, -0.2) is 0 Å². The normalized spacial score (nSPS) is 12.6. The molecule has 10 aromatic carbocycles. The fraction of sp³-hybridized carbons (Fsp3) is 0.0164. The highest BCUT2D eigenvalue weighted by molar-refractivity contribution is 6.15. The Labute approximate surface area is 361 Å². The van der Waals surface area contributed by atoms with E-state index >= 15 is 0 Å². The molecule has 62 heavy (non-hydrogen) atoms. The first-order valence-electron chi connectivity index (χ1n) is 21.4. The lowest BCUT2D eigenvalue weighted by Gasteiger charge is -2.35. The van der Waals surface area contributed by atoms with E-state index in [0.717, 1.165) is 21.9 Å². The first kappa shape index (κ1) is 35.9. The van der Waals surface area contributed by atoms with Gasteiger partial charge in [-0.15, -0.1) is 0 Å². The lowest BCUT2D eigenvalue weighted by Crippen LogP contribution is -2.28. The topological polar surface area (TPSA) is 13.1 Å². The highest BCUT2D eigenvalue weighted by atomic mass is 16.3. The SMILES string of the molecule is c1ccc(-c2cccc(-c3cccc(C4(c5cccc(-c6cccc(-c7ccccc7)c6)c5)c5cc(-c6ccccc6)ccc5-c5c4ccc4oc6ccccc6c54)c3)c2)cc1. The van der Waals surface area contributed by atoms with Crippen molar-refractivity contribution >= 4 is 21.9 Å². The highest BCUT2D eigenvalue weighted by Gasteiger charge is 2.47. The summed E-state index contributed by atoms with van der Waals surface area (Å²) in [6.07, 6.45) is 0. The molecule has 1 nitrogen and oxygen atoms in total. The molecule has 0 atom stereocenters. The molecule has 0 bridgehead atoms. The molecule has 1 heteroatoms. The number of benzene rings is 10.